The third kappa shape index (κ3) is 5.28. The molecule has 0 bridgehead atoms. The maximum absolute atomic E-state index is 12.6. The molecule has 0 spiro atoms. The minimum absolute atomic E-state index is 0.139. The maximum Gasteiger partial charge on any atom is 0.276 e. The van der Waals surface area contributed by atoms with Crippen LogP contribution >= 0.6 is 47.8 Å². The van der Waals surface area contributed by atoms with Crippen LogP contribution in [0.2, 0.25) is 0 Å². The van der Waals surface area contributed by atoms with E-state index in [0.29, 0.717) is 5.71 Å². The van der Waals surface area contributed by atoms with E-state index in [9.17, 15) is 8.42 Å². The second-order valence-electron chi connectivity index (χ2n) is 5.52. The van der Waals surface area contributed by atoms with Gasteiger partial charge < -0.3 is 0 Å². The van der Waals surface area contributed by atoms with Crippen molar-refractivity contribution in [3.05, 3.63) is 97.3 Å². The minimum atomic E-state index is -3.78. The monoisotopic (exact) mass is 570 g/mol. The van der Waals surface area contributed by atoms with Gasteiger partial charge in [-0.3, -0.25) is 0 Å². The van der Waals surface area contributed by atoms with Gasteiger partial charge in [0.05, 0.1) is 10.6 Å². The summed E-state index contributed by atoms with van der Waals surface area (Å²) in [7, 11) is -3.78. The van der Waals surface area contributed by atoms with Gasteiger partial charge in [0, 0.05) is 24.5 Å². The van der Waals surface area contributed by atoms with E-state index < -0.39 is 10.0 Å². The molecule has 1 N–H and O–H groups in total. The number of benzene rings is 3. The van der Waals surface area contributed by atoms with E-state index in [2.05, 4.69) is 57.7 Å². The molecule has 0 aliphatic carbocycles. The highest BCUT2D eigenvalue weighted by Crippen LogP contribution is 2.19. The number of nitrogens with zero attached hydrogens (tertiary/aromatic N) is 1. The van der Waals surface area contributed by atoms with Crippen LogP contribution in [0.4, 0.5) is 0 Å². The molecule has 0 saturated carbocycles. The number of hydrazone groups is 1. The van der Waals surface area contributed by atoms with Gasteiger partial charge in [0.25, 0.3) is 10.0 Å². The lowest BCUT2D eigenvalue weighted by Crippen LogP contribution is -2.21. The summed E-state index contributed by atoms with van der Waals surface area (Å²) in [6, 6.07) is 21.4. The molecule has 0 atom stereocenters. The Hall–Kier alpha value is -1.48. The first kappa shape index (κ1) is 20.3. The quantitative estimate of drug-likeness (QED) is 0.315. The number of sulfonamides is 1. The molecule has 8 heteroatoms. The number of hydrogen-bond donors (Lipinski definition) is 1. The van der Waals surface area contributed by atoms with Crippen molar-refractivity contribution in [2.45, 2.75) is 4.90 Å². The molecule has 0 radical (unpaired) electrons. The second-order valence-corrected chi connectivity index (χ2v) is 9.93. The van der Waals surface area contributed by atoms with Crippen LogP contribution < -0.4 is 4.83 Å². The number of hydrogen-bond acceptors (Lipinski definition) is 3. The van der Waals surface area contributed by atoms with E-state index in [4.69, 9.17) is 0 Å². The Morgan fingerprint density at radius 1 is 0.667 bits per heavy atom. The molecular weight excluding hydrogens is 560 g/mol. The first-order valence-corrected chi connectivity index (χ1v) is 11.6. The van der Waals surface area contributed by atoms with E-state index in [0.717, 1.165) is 24.5 Å². The van der Waals surface area contributed by atoms with Crippen molar-refractivity contribution in [1.29, 1.82) is 0 Å². The zero-order chi connectivity index (χ0) is 19.4. The van der Waals surface area contributed by atoms with E-state index >= 15 is 0 Å². The molecule has 138 valence electrons. The number of rotatable bonds is 5. The van der Waals surface area contributed by atoms with Gasteiger partial charge >= 0.3 is 0 Å². The van der Waals surface area contributed by atoms with Gasteiger partial charge in [-0.15, -0.1) is 0 Å². The number of nitrogens with one attached hydrogen (secondary N) is 1. The zero-order valence-electron chi connectivity index (χ0n) is 13.7. The normalized spacial score (nSPS) is 11.1. The van der Waals surface area contributed by atoms with Crippen molar-refractivity contribution in [1.82, 2.24) is 4.83 Å². The average molecular weight is 573 g/mol. The van der Waals surface area contributed by atoms with Gasteiger partial charge in [-0.05, 0) is 48.5 Å². The van der Waals surface area contributed by atoms with Crippen LogP contribution in [-0.2, 0) is 10.0 Å². The van der Waals surface area contributed by atoms with Crippen molar-refractivity contribution in [3.63, 3.8) is 0 Å². The van der Waals surface area contributed by atoms with Gasteiger partial charge in [-0.1, -0.05) is 72.1 Å². The lowest BCUT2D eigenvalue weighted by atomic mass is 10.0. The lowest BCUT2D eigenvalue weighted by Gasteiger charge is -2.10. The molecule has 0 fully saturated rings. The van der Waals surface area contributed by atoms with Crippen molar-refractivity contribution < 1.29 is 8.42 Å². The Bertz CT molecular complexity index is 1020. The highest BCUT2D eigenvalue weighted by atomic mass is 79.9. The predicted molar refractivity (Wildman–Crippen MR) is 118 cm³/mol. The minimum Gasteiger partial charge on any atom is -0.200 e. The van der Waals surface area contributed by atoms with Gasteiger partial charge in [0.2, 0.25) is 0 Å². The standard InChI is InChI=1S/C19H13Br3N2O2S/c20-15-5-1-13(2-6-15)19(14-3-7-16(21)8-4-14)23-24-27(25,26)18-11-9-17(22)10-12-18/h1-12,24H. The first-order chi connectivity index (χ1) is 12.8. The molecule has 3 aromatic rings. The molecular formula is C19H13Br3N2O2S. The topological polar surface area (TPSA) is 58.5 Å². The Balaban J connectivity index is 2.00. The molecule has 3 rings (SSSR count). The summed E-state index contributed by atoms with van der Waals surface area (Å²) >= 11 is 10.1. The van der Waals surface area contributed by atoms with Crippen LogP contribution in [0.5, 0.6) is 0 Å². The van der Waals surface area contributed by atoms with Crippen LogP contribution in [0, 0.1) is 0 Å². The molecule has 27 heavy (non-hydrogen) atoms. The van der Waals surface area contributed by atoms with Gasteiger partial charge in [-0.25, -0.2) is 0 Å². The zero-order valence-corrected chi connectivity index (χ0v) is 19.3. The summed E-state index contributed by atoms with van der Waals surface area (Å²) in [5.41, 5.74) is 2.11. The van der Waals surface area contributed by atoms with E-state index in [1.165, 1.54) is 12.1 Å². The largest absolute Gasteiger partial charge is 0.276 e. The van der Waals surface area contributed by atoms with Crippen LogP contribution in [0.1, 0.15) is 11.1 Å². The molecule has 0 heterocycles. The maximum atomic E-state index is 12.6. The molecule has 0 aromatic heterocycles. The van der Waals surface area contributed by atoms with E-state index in [-0.39, 0.29) is 4.90 Å². The molecule has 0 aliphatic heterocycles. The summed E-state index contributed by atoms with van der Waals surface area (Å²) in [5.74, 6) is 0. The van der Waals surface area contributed by atoms with Crippen molar-refractivity contribution >= 4 is 63.5 Å². The summed E-state index contributed by atoms with van der Waals surface area (Å²) in [4.78, 5) is 2.48. The molecule has 0 aliphatic rings. The van der Waals surface area contributed by atoms with Gasteiger partial charge in [-0.2, -0.15) is 18.4 Å². The molecule has 0 saturated heterocycles. The number of halogens is 3. The van der Waals surface area contributed by atoms with Crippen LogP contribution in [0.3, 0.4) is 0 Å². The fourth-order valence-corrected chi connectivity index (χ4v) is 3.89. The Labute approximate surface area is 183 Å². The fraction of sp³-hybridized carbons (Fsp3) is 0. The third-order valence-electron chi connectivity index (χ3n) is 3.64. The third-order valence-corrected chi connectivity index (χ3v) is 6.45. The van der Waals surface area contributed by atoms with E-state index in [1.807, 2.05) is 48.5 Å². The fourth-order valence-electron chi connectivity index (χ4n) is 2.28. The average Bonchev–Trinajstić information content (AvgIpc) is 2.65. The van der Waals surface area contributed by atoms with Gasteiger partial charge in [0.1, 0.15) is 0 Å². The second kappa shape index (κ2) is 8.68. The Kier molecular flexibility index (Phi) is 6.52. The SMILES string of the molecule is O=S(=O)(NN=C(c1ccc(Br)cc1)c1ccc(Br)cc1)c1ccc(Br)cc1. The van der Waals surface area contributed by atoms with Gasteiger partial charge in [0.15, 0.2) is 0 Å². The van der Waals surface area contributed by atoms with Crippen molar-refractivity contribution in [2.75, 3.05) is 0 Å². The molecule has 3 aromatic carbocycles. The highest BCUT2D eigenvalue weighted by molar-refractivity contribution is 9.11. The summed E-state index contributed by atoms with van der Waals surface area (Å²) in [6.07, 6.45) is 0. The van der Waals surface area contributed by atoms with Crippen LogP contribution in [0.25, 0.3) is 0 Å². The highest BCUT2D eigenvalue weighted by Gasteiger charge is 2.14. The van der Waals surface area contributed by atoms with E-state index in [1.54, 1.807) is 12.1 Å². The molecule has 0 amide bonds. The lowest BCUT2D eigenvalue weighted by molar-refractivity contribution is 0.584. The molecule has 4 nitrogen and oxygen atoms in total. The first-order valence-electron chi connectivity index (χ1n) is 7.72. The van der Waals surface area contributed by atoms with Crippen molar-refractivity contribution in [2.24, 2.45) is 5.10 Å². The molecule has 0 unspecified atom stereocenters. The Morgan fingerprint density at radius 2 is 1.04 bits per heavy atom. The Morgan fingerprint density at radius 3 is 1.44 bits per heavy atom. The van der Waals surface area contributed by atoms with Crippen LogP contribution in [-0.4, -0.2) is 14.1 Å². The van der Waals surface area contributed by atoms with Crippen molar-refractivity contribution in [3.8, 4) is 0 Å². The summed E-state index contributed by atoms with van der Waals surface area (Å²) in [5, 5.41) is 4.23. The predicted octanol–water partition coefficient (Wildman–Crippen LogP) is 5.71. The summed E-state index contributed by atoms with van der Waals surface area (Å²) < 4.78 is 27.8. The van der Waals surface area contributed by atoms with Crippen LogP contribution in [0.15, 0.2) is 96.2 Å². The smallest absolute Gasteiger partial charge is 0.200 e. The summed E-state index contributed by atoms with van der Waals surface area (Å²) in [6.45, 7) is 0.